The first kappa shape index (κ1) is 10.9. The summed E-state index contributed by atoms with van der Waals surface area (Å²) in [7, 11) is 0. The van der Waals surface area contributed by atoms with E-state index < -0.39 is 0 Å². The standard InChI is InChI=1S/C12H18N4O/c17-10-4-3-6-15(8-10)9-12-14-13-11-5-1-2-7-16(11)12/h1-9H2. The van der Waals surface area contributed by atoms with Gasteiger partial charge in [-0.2, -0.15) is 0 Å². The van der Waals surface area contributed by atoms with Gasteiger partial charge in [-0.05, 0) is 25.8 Å². The highest BCUT2D eigenvalue weighted by atomic mass is 16.1. The number of fused-ring (bicyclic) bond motifs is 1. The van der Waals surface area contributed by atoms with Crippen LogP contribution in [0.1, 0.15) is 37.3 Å². The molecule has 0 saturated carbocycles. The fourth-order valence-corrected chi connectivity index (χ4v) is 2.73. The van der Waals surface area contributed by atoms with Crippen molar-refractivity contribution in [2.24, 2.45) is 0 Å². The average Bonchev–Trinajstić information content (AvgIpc) is 2.73. The van der Waals surface area contributed by atoms with Gasteiger partial charge in [0.15, 0.2) is 0 Å². The van der Waals surface area contributed by atoms with Crippen molar-refractivity contribution in [2.75, 3.05) is 13.1 Å². The normalized spacial score (nSPS) is 21.5. The molecule has 5 nitrogen and oxygen atoms in total. The summed E-state index contributed by atoms with van der Waals surface area (Å²) in [6, 6.07) is 0. The number of aromatic nitrogens is 3. The Hall–Kier alpha value is -1.23. The minimum atomic E-state index is 0.356. The van der Waals surface area contributed by atoms with E-state index in [0.717, 1.165) is 50.5 Å². The minimum absolute atomic E-state index is 0.356. The van der Waals surface area contributed by atoms with Gasteiger partial charge in [0.1, 0.15) is 17.4 Å². The Morgan fingerprint density at radius 3 is 2.88 bits per heavy atom. The van der Waals surface area contributed by atoms with E-state index in [1.807, 2.05) is 0 Å². The zero-order chi connectivity index (χ0) is 11.7. The largest absolute Gasteiger partial charge is 0.314 e. The molecule has 0 radical (unpaired) electrons. The monoisotopic (exact) mass is 234 g/mol. The molecule has 5 heteroatoms. The van der Waals surface area contributed by atoms with Crippen LogP contribution in [0.5, 0.6) is 0 Å². The summed E-state index contributed by atoms with van der Waals surface area (Å²) in [4.78, 5) is 13.6. The van der Waals surface area contributed by atoms with E-state index in [4.69, 9.17) is 0 Å². The van der Waals surface area contributed by atoms with Crippen LogP contribution in [0, 0.1) is 0 Å². The Kier molecular flexibility index (Phi) is 2.93. The molecule has 2 aliphatic rings. The first-order valence-electron chi connectivity index (χ1n) is 6.48. The molecule has 0 aliphatic carbocycles. The molecule has 0 aromatic carbocycles. The maximum atomic E-state index is 11.4. The van der Waals surface area contributed by atoms with Gasteiger partial charge in [0.05, 0.1) is 13.1 Å². The maximum absolute atomic E-state index is 11.4. The number of carbonyl (C=O) groups is 1. The number of nitrogens with zero attached hydrogens (tertiary/aromatic N) is 4. The van der Waals surface area contributed by atoms with Gasteiger partial charge >= 0.3 is 0 Å². The highest BCUT2D eigenvalue weighted by Gasteiger charge is 2.21. The molecular weight excluding hydrogens is 216 g/mol. The second-order valence-electron chi connectivity index (χ2n) is 4.99. The molecule has 1 fully saturated rings. The van der Waals surface area contributed by atoms with Crippen LogP contribution in [0.3, 0.4) is 0 Å². The molecule has 92 valence electrons. The first-order valence-corrected chi connectivity index (χ1v) is 6.48. The van der Waals surface area contributed by atoms with Crippen LogP contribution in [0.4, 0.5) is 0 Å². The molecule has 0 atom stereocenters. The minimum Gasteiger partial charge on any atom is -0.314 e. The lowest BCUT2D eigenvalue weighted by Gasteiger charge is -2.25. The summed E-state index contributed by atoms with van der Waals surface area (Å²) in [5.41, 5.74) is 0. The smallest absolute Gasteiger partial charge is 0.147 e. The number of likely N-dealkylation sites (tertiary alicyclic amines) is 1. The Balaban J connectivity index is 1.72. The lowest BCUT2D eigenvalue weighted by atomic mass is 10.1. The SMILES string of the molecule is O=C1CCCN(Cc2nnc3n2CCCC3)C1. The van der Waals surface area contributed by atoms with Gasteiger partial charge in [-0.15, -0.1) is 10.2 Å². The van der Waals surface area contributed by atoms with Crippen molar-refractivity contribution in [2.45, 2.75) is 45.2 Å². The molecule has 3 rings (SSSR count). The number of hydrogen-bond acceptors (Lipinski definition) is 4. The molecule has 0 amide bonds. The van der Waals surface area contributed by atoms with E-state index in [1.54, 1.807) is 0 Å². The average molecular weight is 234 g/mol. The lowest BCUT2D eigenvalue weighted by molar-refractivity contribution is -0.122. The van der Waals surface area contributed by atoms with Crippen LogP contribution in [0.15, 0.2) is 0 Å². The molecule has 0 unspecified atom stereocenters. The first-order chi connectivity index (χ1) is 8.33. The van der Waals surface area contributed by atoms with Crippen LogP contribution < -0.4 is 0 Å². The van der Waals surface area contributed by atoms with E-state index in [-0.39, 0.29) is 0 Å². The highest BCUT2D eigenvalue weighted by Crippen LogP contribution is 2.16. The van der Waals surface area contributed by atoms with Crippen molar-refractivity contribution in [3.05, 3.63) is 11.6 Å². The third-order valence-corrected chi connectivity index (χ3v) is 3.63. The van der Waals surface area contributed by atoms with Gasteiger partial charge < -0.3 is 4.57 Å². The maximum Gasteiger partial charge on any atom is 0.147 e. The van der Waals surface area contributed by atoms with E-state index in [1.165, 1.54) is 12.8 Å². The zero-order valence-corrected chi connectivity index (χ0v) is 10.1. The molecule has 1 aromatic heterocycles. The number of carbonyl (C=O) groups excluding carboxylic acids is 1. The molecule has 3 heterocycles. The molecule has 0 bridgehead atoms. The number of rotatable bonds is 2. The summed E-state index contributed by atoms with van der Waals surface area (Å²) in [6.07, 6.45) is 5.22. The van der Waals surface area contributed by atoms with Crippen molar-refractivity contribution < 1.29 is 4.79 Å². The number of hydrogen-bond donors (Lipinski definition) is 0. The van der Waals surface area contributed by atoms with E-state index >= 15 is 0 Å². The van der Waals surface area contributed by atoms with E-state index in [9.17, 15) is 4.79 Å². The second kappa shape index (κ2) is 4.56. The second-order valence-corrected chi connectivity index (χ2v) is 4.99. The Bertz CT molecular complexity index is 426. The van der Waals surface area contributed by atoms with Gasteiger partial charge in [0, 0.05) is 19.4 Å². The summed E-state index contributed by atoms with van der Waals surface area (Å²) in [6.45, 7) is 3.41. The third kappa shape index (κ3) is 2.24. The fraction of sp³-hybridized carbons (Fsp3) is 0.750. The van der Waals surface area contributed by atoms with Crippen LogP contribution in [-0.4, -0.2) is 38.5 Å². The van der Waals surface area contributed by atoms with Crippen LogP contribution in [-0.2, 0) is 24.3 Å². The molecule has 0 spiro atoms. The molecule has 2 aliphatic heterocycles. The number of ketones is 1. The zero-order valence-electron chi connectivity index (χ0n) is 10.1. The third-order valence-electron chi connectivity index (χ3n) is 3.63. The van der Waals surface area contributed by atoms with Crippen molar-refractivity contribution in [3.8, 4) is 0 Å². The van der Waals surface area contributed by atoms with Gasteiger partial charge in [-0.1, -0.05) is 0 Å². The predicted molar refractivity (Wildman–Crippen MR) is 62.5 cm³/mol. The van der Waals surface area contributed by atoms with E-state index in [0.29, 0.717) is 12.3 Å². The summed E-state index contributed by atoms with van der Waals surface area (Å²) in [5, 5.41) is 8.52. The summed E-state index contributed by atoms with van der Waals surface area (Å²) >= 11 is 0. The van der Waals surface area contributed by atoms with Gasteiger partial charge in [0.25, 0.3) is 0 Å². The lowest BCUT2D eigenvalue weighted by Crippen LogP contribution is -2.36. The van der Waals surface area contributed by atoms with Gasteiger partial charge in [-0.3, -0.25) is 9.69 Å². The molecular formula is C12H18N4O. The summed E-state index contributed by atoms with van der Waals surface area (Å²) < 4.78 is 2.24. The van der Waals surface area contributed by atoms with Gasteiger partial charge in [-0.25, -0.2) is 0 Å². The van der Waals surface area contributed by atoms with Crippen LogP contribution in [0.2, 0.25) is 0 Å². The fourth-order valence-electron chi connectivity index (χ4n) is 2.73. The van der Waals surface area contributed by atoms with Crippen molar-refractivity contribution >= 4 is 5.78 Å². The topological polar surface area (TPSA) is 51.0 Å². The Labute approximate surface area is 101 Å². The van der Waals surface area contributed by atoms with Crippen LogP contribution >= 0.6 is 0 Å². The van der Waals surface area contributed by atoms with Crippen molar-refractivity contribution in [3.63, 3.8) is 0 Å². The van der Waals surface area contributed by atoms with Crippen LogP contribution in [0.25, 0.3) is 0 Å². The number of aryl methyl sites for hydroxylation is 1. The molecule has 0 N–H and O–H groups in total. The van der Waals surface area contributed by atoms with Gasteiger partial charge in [0.2, 0.25) is 0 Å². The Morgan fingerprint density at radius 1 is 1.06 bits per heavy atom. The Morgan fingerprint density at radius 2 is 2.00 bits per heavy atom. The van der Waals surface area contributed by atoms with E-state index in [2.05, 4.69) is 19.7 Å². The molecule has 1 saturated heterocycles. The predicted octanol–water partition coefficient (Wildman–Crippen LogP) is 0.779. The quantitative estimate of drug-likeness (QED) is 0.758. The number of piperidine rings is 1. The molecule has 17 heavy (non-hydrogen) atoms. The summed E-state index contributed by atoms with van der Waals surface area (Å²) in [5.74, 6) is 2.51. The van der Waals surface area contributed by atoms with Crippen molar-refractivity contribution in [1.29, 1.82) is 0 Å². The highest BCUT2D eigenvalue weighted by molar-refractivity contribution is 5.81. The molecule has 1 aromatic rings. The van der Waals surface area contributed by atoms with Crippen molar-refractivity contribution in [1.82, 2.24) is 19.7 Å². The number of Topliss-reactive ketones (excluding diaryl/α,β-unsaturated/α-hetero) is 1.